The summed E-state index contributed by atoms with van der Waals surface area (Å²) in [6.07, 6.45) is 1.77. The van der Waals surface area contributed by atoms with Gasteiger partial charge in [0, 0.05) is 25.3 Å². The molecule has 3 nitrogen and oxygen atoms in total. The molecule has 4 heteroatoms. The minimum absolute atomic E-state index is 0.0162. The van der Waals surface area contributed by atoms with Crippen LogP contribution in [-0.4, -0.2) is 31.4 Å². The van der Waals surface area contributed by atoms with Gasteiger partial charge in [0.1, 0.15) is 12.4 Å². The molecule has 0 saturated heterocycles. The van der Waals surface area contributed by atoms with Crippen LogP contribution in [0.1, 0.15) is 10.4 Å². The van der Waals surface area contributed by atoms with Gasteiger partial charge in [-0.2, -0.15) is 0 Å². The van der Waals surface area contributed by atoms with Crippen molar-refractivity contribution in [3.05, 3.63) is 40.6 Å². The van der Waals surface area contributed by atoms with Crippen LogP contribution in [0.3, 0.4) is 0 Å². The summed E-state index contributed by atoms with van der Waals surface area (Å²) in [6.45, 7) is 0.311. The Kier molecular flexibility index (Phi) is 2.88. The molecule has 1 heterocycles. The highest BCUT2D eigenvalue weighted by molar-refractivity contribution is 6.31. The second-order valence-electron chi connectivity index (χ2n) is 3.88. The van der Waals surface area contributed by atoms with Crippen molar-refractivity contribution < 1.29 is 9.53 Å². The first-order valence-corrected chi connectivity index (χ1v) is 5.30. The minimum Gasteiger partial charge on any atom is -0.488 e. The average Bonchev–Trinajstić information content (AvgIpc) is 2.22. The highest BCUT2D eigenvalue weighted by Crippen LogP contribution is 2.29. The van der Waals surface area contributed by atoms with Crippen LogP contribution in [-0.2, 0) is 0 Å². The van der Waals surface area contributed by atoms with Crippen LogP contribution in [0.4, 0.5) is 0 Å². The smallest absolute Gasteiger partial charge is 0.197 e. The SMILES string of the molecule is CN(C)C=C1COc2ccc(Cl)cc2C1=O. The normalized spacial score (nSPS) is 16.9. The van der Waals surface area contributed by atoms with E-state index in [2.05, 4.69) is 0 Å². The van der Waals surface area contributed by atoms with Crippen molar-refractivity contribution in [3.8, 4) is 5.75 Å². The number of nitrogens with zero attached hydrogens (tertiary/aromatic N) is 1. The fourth-order valence-corrected chi connectivity index (χ4v) is 1.78. The molecule has 0 fully saturated rings. The van der Waals surface area contributed by atoms with Gasteiger partial charge >= 0.3 is 0 Å². The third kappa shape index (κ3) is 2.04. The van der Waals surface area contributed by atoms with Gasteiger partial charge in [-0.15, -0.1) is 0 Å². The molecule has 0 aromatic heterocycles. The summed E-state index contributed by atoms with van der Waals surface area (Å²) < 4.78 is 5.49. The third-order valence-electron chi connectivity index (χ3n) is 2.28. The van der Waals surface area contributed by atoms with Crippen LogP contribution in [0.25, 0.3) is 0 Å². The highest BCUT2D eigenvalue weighted by Gasteiger charge is 2.23. The lowest BCUT2D eigenvalue weighted by atomic mass is 10.0. The molecule has 0 N–H and O–H groups in total. The number of hydrogen-bond donors (Lipinski definition) is 0. The van der Waals surface area contributed by atoms with E-state index in [-0.39, 0.29) is 5.78 Å². The van der Waals surface area contributed by atoms with Crippen molar-refractivity contribution in [2.24, 2.45) is 0 Å². The zero-order chi connectivity index (χ0) is 11.7. The van der Waals surface area contributed by atoms with Crippen molar-refractivity contribution in [2.75, 3.05) is 20.7 Å². The predicted octanol–water partition coefficient (Wildman–Crippen LogP) is 2.36. The van der Waals surface area contributed by atoms with E-state index < -0.39 is 0 Å². The second kappa shape index (κ2) is 4.18. The van der Waals surface area contributed by atoms with E-state index >= 15 is 0 Å². The van der Waals surface area contributed by atoms with Gasteiger partial charge in [0.05, 0.1) is 11.1 Å². The molecule has 1 aliphatic heterocycles. The number of ether oxygens (including phenoxy) is 1. The van der Waals surface area contributed by atoms with E-state index in [0.29, 0.717) is 28.5 Å². The summed E-state index contributed by atoms with van der Waals surface area (Å²) >= 11 is 5.86. The minimum atomic E-state index is -0.0162. The van der Waals surface area contributed by atoms with Gasteiger partial charge in [0.2, 0.25) is 0 Å². The lowest BCUT2D eigenvalue weighted by Crippen LogP contribution is -2.21. The number of fused-ring (bicyclic) bond motifs is 1. The topological polar surface area (TPSA) is 29.5 Å². The molecule has 1 aromatic carbocycles. The number of Topliss-reactive ketones (excluding diaryl/α,β-unsaturated/α-hetero) is 1. The molecule has 16 heavy (non-hydrogen) atoms. The summed E-state index contributed by atoms with van der Waals surface area (Å²) in [5.41, 5.74) is 1.17. The Labute approximate surface area is 99.3 Å². The molecule has 2 rings (SSSR count). The van der Waals surface area contributed by atoms with E-state index in [1.165, 1.54) is 0 Å². The Balaban J connectivity index is 2.42. The van der Waals surface area contributed by atoms with Crippen LogP contribution < -0.4 is 4.74 Å². The van der Waals surface area contributed by atoms with E-state index in [9.17, 15) is 4.79 Å². The quantitative estimate of drug-likeness (QED) is 0.703. The van der Waals surface area contributed by atoms with Gasteiger partial charge < -0.3 is 9.64 Å². The maximum Gasteiger partial charge on any atom is 0.197 e. The van der Waals surface area contributed by atoms with Gasteiger partial charge in [0.15, 0.2) is 5.78 Å². The van der Waals surface area contributed by atoms with Crippen molar-refractivity contribution in [1.29, 1.82) is 0 Å². The van der Waals surface area contributed by atoms with Crippen LogP contribution >= 0.6 is 11.6 Å². The molecule has 0 spiro atoms. The standard InChI is InChI=1S/C12H12ClNO2/c1-14(2)6-8-7-16-11-4-3-9(13)5-10(11)12(8)15/h3-6H,7H2,1-2H3. The summed E-state index contributed by atoms with van der Waals surface area (Å²) in [5.74, 6) is 0.586. The van der Waals surface area contributed by atoms with E-state index in [0.717, 1.165) is 0 Å². The number of rotatable bonds is 1. The molecule has 84 valence electrons. The number of hydrogen-bond acceptors (Lipinski definition) is 3. The molecule has 1 aliphatic rings. The molecular formula is C12H12ClNO2. The van der Waals surface area contributed by atoms with Gasteiger partial charge in [-0.1, -0.05) is 11.6 Å². The first-order chi connectivity index (χ1) is 7.58. The summed E-state index contributed by atoms with van der Waals surface area (Å²) in [6, 6.07) is 5.08. The fourth-order valence-electron chi connectivity index (χ4n) is 1.61. The lowest BCUT2D eigenvalue weighted by Gasteiger charge is -2.20. The van der Waals surface area contributed by atoms with Crippen LogP contribution in [0.15, 0.2) is 30.0 Å². The molecule has 0 radical (unpaired) electrons. The van der Waals surface area contributed by atoms with Crippen LogP contribution in [0.2, 0.25) is 5.02 Å². The van der Waals surface area contributed by atoms with Gasteiger partial charge in [0.25, 0.3) is 0 Å². The number of carbonyl (C=O) groups is 1. The third-order valence-corrected chi connectivity index (χ3v) is 2.51. The summed E-state index contributed by atoms with van der Waals surface area (Å²) in [4.78, 5) is 13.9. The number of benzene rings is 1. The summed E-state index contributed by atoms with van der Waals surface area (Å²) in [5, 5.41) is 0.543. The Hall–Kier alpha value is -1.48. The zero-order valence-corrected chi connectivity index (χ0v) is 9.91. The molecule has 0 aliphatic carbocycles. The maximum atomic E-state index is 12.1. The molecule has 0 bridgehead atoms. The molecule has 0 saturated carbocycles. The molecule has 0 amide bonds. The van der Waals surface area contributed by atoms with E-state index in [1.54, 1.807) is 24.4 Å². The molecule has 0 unspecified atom stereocenters. The van der Waals surface area contributed by atoms with E-state index in [1.807, 2.05) is 19.0 Å². The van der Waals surface area contributed by atoms with Crippen LogP contribution in [0, 0.1) is 0 Å². The Morgan fingerprint density at radius 3 is 2.88 bits per heavy atom. The number of halogens is 1. The molecular weight excluding hydrogens is 226 g/mol. The van der Waals surface area contributed by atoms with Crippen molar-refractivity contribution in [1.82, 2.24) is 4.90 Å². The Morgan fingerprint density at radius 2 is 2.19 bits per heavy atom. The largest absolute Gasteiger partial charge is 0.488 e. The van der Waals surface area contributed by atoms with Gasteiger partial charge in [-0.05, 0) is 18.2 Å². The van der Waals surface area contributed by atoms with Crippen molar-refractivity contribution >= 4 is 17.4 Å². The Bertz CT molecular complexity index is 466. The van der Waals surface area contributed by atoms with Gasteiger partial charge in [-0.25, -0.2) is 0 Å². The van der Waals surface area contributed by atoms with Gasteiger partial charge in [-0.3, -0.25) is 4.79 Å². The Morgan fingerprint density at radius 1 is 1.44 bits per heavy atom. The average molecular weight is 238 g/mol. The fraction of sp³-hybridized carbons (Fsp3) is 0.250. The summed E-state index contributed by atoms with van der Waals surface area (Å²) in [7, 11) is 3.74. The molecule has 0 atom stereocenters. The number of ketones is 1. The van der Waals surface area contributed by atoms with Crippen LogP contribution in [0.5, 0.6) is 5.75 Å². The van der Waals surface area contributed by atoms with Crippen molar-refractivity contribution in [2.45, 2.75) is 0 Å². The zero-order valence-electron chi connectivity index (χ0n) is 9.16. The second-order valence-corrected chi connectivity index (χ2v) is 4.31. The van der Waals surface area contributed by atoms with Crippen molar-refractivity contribution in [3.63, 3.8) is 0 Å². The molecule has 1 aromatic rings. The lowest BCUT2D eigenvalue weighted by molar-refractivity contribution is 0.0997. The monoisotopic (exact) mass is 237 g/mol. The van der Waals surface area contributed by atoms with E-state index in [4.69, 9.17) is 16.3 Å². The first-order valence-electron chi connectivity index (χ1n) is 4.92. The number of carbonyl (C=O) groups excluding carboxylic acids is 1. The predicted molar refractivity (Wildman–Crippen MR) is 63.0 cm³/mol. The highest BCUT2D eigenvalue weighted by atomic mass is 35.5. The maximum absolute atomic E-state index is 12.1. The first kappa shape index (κ1) is 11.0.